The van der Waals surface area contributed by atoms with Gasteiger partial charge in [0, 0.05) is 0 Å². The van der Waals surface area contributed by atoms with E-state index in [1.165, 1.54) is 24.3 Å². The molecule has 0 saturated carbocycles. The van der Waals surface area contributed by atoms with E-state index in [1.807, 2.05) is 0 Å². The molecule has 174 valence electrons. The van der Waals surface area contributed by atoms with Crippen molar-refractivity contribution in [2.45, 2.75) is 24.7 Å². The summed E-state index contributed by atoms with van der Waals surface area (Å²) in [6, 6.07) is 24.1. The Kier molecular flexibility index (Phi) is 7.29. The normalized spacial score (nSPS) is 21.8. The van der Waals surface area contributed by atoms with E-state index < -0.39 is 49.2 Å². The van der Waals surface area contributed by atoms with Gasteiger partial charge in [-0.05, 0) is 36.4 Å². The summed E-state index contributed by atoms with van der Waals surface area (Å²) in [5, 5.41) is 0. The zero-order valence-electron chi connectivity index (χ0n) is 17.9. The molecular formula is C26H21FO7. The van der Waals surface area contributed by atoms with E-state index in [-0.39, 0.29) is 16.7 Å². The Morgan fingerprint density at radius 2 is 1.00 bits per heavy atom. The van der Waals surface area contributed by atoms with Crippen molar-refractivity contribution in [2.24, 2.45) is 0 Å². The van der Waals surface area contributed by atoms with Gasteiger partial charge in [0.25, 0.3) is 0 Å². The molecule has 3 aromatic rings. The molecule has 3 aromatic carbocycles. The second-order valence-corrected chi connectivity index (χ2v) is 7.47. The Bertz CT molecular complexity index is 1120. The van der Waals surface area contributed by atoms with Crippen molar-refractivity contribution in [3.05, 3.63) is 108 Å². The van der Waals surface area contributed by atoms with Crippen molar-refractivity contribution in [2.75, 3.05) is 6.61 Å². The lowest BCUT2D eigenvalue weighted by Gasteiger charge is -2.37. The van der Waals surface area contributed by atoms with Crippen LogP contribution in [0.4, 0.5) is 4.39 Å². The fourth-order valence-electron chi connectivity index (χ4n) is 3.41. The topological polar surface area (TPSA) is 88.1 Å². The Morgan fingerprint density at radius 3 is 1.44 bits per heavy atom. The fourth-order valence-corrected chi connectivity index (χ4v) is 3.41. The van der Waals surface area contributed by atoms with Crippen LogP contribution in [0, 0.1) is 0 Å². The van der Waals surface area contributed by atoms with E-state index in [1.54, 1.807) is 66.7 Å². The Labute approximate surface area is 195 Å². The van der Waals surface area contributed by atoms with Gasteiger partial charge in [-0.2, -0.15) is 0 Å². The molecule has 7 nitrogen and oxygen atoms in total. The number of rotatable bonds is 6. The molecule has 8 heteroatoms. The summed E-state index contributed by atoms with van der Waals surface area (Å²) in [4.78, 5) is 38.0. The van der Waals surface area contributed by atoms with Gasteiger partial charge in [-0.25, -0.2) is 18.8 Å². The molecule has 1 heterocycles. The molecule has 0 radical (unpaired) electrons. The van der Waals surface area contributed by atoms with Crippen LogP contribution in [-0.4, -0.2) is 49.2 Å². The lowest BCUT2D eigenvalue weighted by Crippen LogP contribution is -2.56. The molecule has 4 atom stereocenters. The first kappa shape index (κ1) is 23.1. The third-order valence-electron chi connectivity index (χ3n) is 5.14. The lowest BCUT2D eigenvalue weighted by molar-refractivity contribution is -0.225. The highest BCUT2D eigenvalue weighted by atomic mass is 19.1. The molecule has 0 aliphatic carbocycles. The maximum atomic E-state index is 14.8. The van der Waals surface area contributed by atoms with Gasteiger partial charge < -0.3 is 18.9 Å². The van der Waals surface area contributed by atoms with Gasteiger partial charge in [0.2, 0.25) is 6.36 Å². The highest BCUT2D eigenvalue weighted by Crippen LogP contribution is 2.27. The van der Waals surface area contributed by atoms with Gasteiger partial charge in [-0.15, -0.1) is 0 Å². The molecule has 0 bridgehead atoms. The summed E-state index contributed by atoms with van der Waals surface area (Å²) in [6.45, 7) is -0.397. The van der Waals surface area contributed by atoms with E-state index >= 15 is 0 Å². The number of carbonyl (C=O) groups excluding carboxylic acids is 3. The van der Waals surface area contributed by atoms with E-state index in [0.29, 0.717) is 0 Å². The fraction of sp³-hybridized carbons (Fsp3) is 0.192. The van der Waals surface area contributed by atoms with E-state index in [0.717, 1.165) is 0 Å². The third kappa shape index (κ3) is 5.47. The quantitative estimate of drug-likeness (QED) is 0.403. The average molecular weight is 464 g/mol. The zero-order chi connectivity index (χ0) is 23.9. The first-order valence-electron chi connectivity index (χ1n) is 10.6. The van der Waals surface area contributed by atoms with Crippen LogP contribution in [0.1, 0.15) is 31.1 Å². The standard InChI is InChI=1S/C26H21FO7/c27-23-22(34-26(30)19-14-8-3-9-15-19)21(33-25(29)18-12-6-2-7-13-18)20(16-31-23)32-24(28)17-10-4-1-5-11-17/h1-15,20-23H,16H2. The van der Waals surface area contributed by atoms with Gasteiger partial charge in [0.15, 0.2) is 18.3 Å². The highest BCUT2D eigenvalue weighted by molar-refractivity contribution is 5.91. The smallest absolute Gasteiger partial charge is 0.338 e. The van der Waals surface area contributed by atoms with E-state index in [9.17, 15) is 18.8 Å². The molecule has 4 unspecified atom stereocenters. The minimum Gasteiger partial charge on any atom is -0.452 e. The number of hydrogen-bond donors (Lipinski definition) is 0. The minimum atomic E-state index is -2.10. The number of alkyl halides is 1. The predicted octanol–water partition coefficient (Wildman–Crippen LogP) is 3.99. The maximum absolute atomic E-state index is 14.8. The molecule has 1 aliphatic rings. The van der Waals surface area contributed by atoms with Gasteiger partial charge in [-0.3, -0.25) is 0 Å². The van der Waals surface area contributed by atoms with Crippen LogP contribution >= 0.6 is 0 Å². The molecule has 0 spiro atoms. The van der Waals surface area contributed by atoms with Gasteiger partial charge in [0.1, 0.15) is 0 Å². The zero-order valence-corrected chi connectivity index (χ0v) is 17.9. The molecule has 0 N–H and O–H groups in total. The van der Waals surface area contributed by atoms with Crippen LogP contribution in [0.15, 0.2) is 91.0 Å². The minimum absolute atomic E-state index is 0.172. The number of carbonyl (C=O) groups is 3. The summed E-state index contributed by atoms with van der Waals surface area (Å²) in [5.74, 6) is -2.35. The maximum Gasteiger partial charge on any atom is 0.338 e. The average Bonchev–Trinajstić information content (AvgIpc) is 2.89. The number of esters is 3. The van der Waals surface area contributed by atoms with Crippen LogP contribution in [-0.2, 0) is 18.9 Å². The van der Waals surface area contributed by atoms with Crippen molar-refractivity contribution in [1.82, 2.24) is 0 Å². The second kappa shape index (κ2) is 10.7. The molecule has 1 aliphatic heterocycles. The summed E-state index contributed by atoms with van der Waals surface area (Å²) >= 11 is 0. The SMILES string of the molecule is O=C(OC1COC(F)C(OC(=O)c2ccccc2)C1OC(=O)c1ccccc1)c1ccccc1. The largest absolute Gasteiger partial charge is 0.452 e. The van der Waals surface area contributed by atoms with E-state index in [2.05, 4.69) is 0 Å². The Hall–Kier alpha value is -4.04. The van der Waals surface area contributed by atoms with Gasteiger partial charge in [0.05, 0.1) is 23.3 Å². The molecule has 0 amide bonds. The first-order valence-corrected chi connectivity index (χ1v) is 10.6. The van der Waals surface area contributed by atoms with Crippen molar-refractivity contribution in [3.63, 3.8) is 0 Å². The molecule has 34 heavy (non-hydrogen) atoms. The highest BCUT2D eigenvalue weighted by Gasteiger charge is 2.48. The molecular weight excluding hydrogens is 443 g/mol. The Morgan fingerprint density at radius 1 is 0.618 bits per heavy atom. The lowest BCUT2D eigenvalue weighted by atomic mass is 10.0. The van der Waals surface area contributed by atoms with Crippen LogP contribution in [0.5, 0.6) is 0 Å². The second-order valence-electron chi connectivity index (χ2n) is 7.47. The van der Waals surface area contributed by atoms with Crippen molar-refractivity contribution in [1.29, 1.82) is 0 Å². The van der Waals surface area contributed by atoms with Crippen molar-refractivity contribution >= 4 is 17.9 Å². The summed E-state index contributed by atoms with van der Waals surface area (Å²) < 4.78 is 36.3. The molecule has 4 rings (SSSR count). The number of benzene rings is 3. The number of hydrogen-bond acceptors (Lipinski definition) is 7. The number of halogens is 1. The summed E-state index contributed by atoms with van der Waals surface area (Å²) in [7, 11) is 0. The van der Waals surface area contributed by atoms with Crippen molar-refractivity contribution < 1.29 is 37.7 Å². The summed E-state index contributed by atoms with van der Waals surface area (Å²) in [6.07, 6.45) is -6.44. The van der Waals surface area contributed by atoms with Crippen LogP contribution in [0.25, 0.3) is 0 Å². The van der Waals surface area contributed by atoms with Crippen LogP contribution in [0.2, 0.25) is 0 Å². The van der Waals surface area contributed by atoms with E-state index in [4.69, 9.17) is 18.9 Å². The molecule has 1 fully saturated rings. The molecule has 1 saturated heterocycles. The summed E-state index contributed by atoms with van der Waals surface area (Å²) in [5.41, 5.74) is 0.618. The molecule has 0 aromatic heterocycles. The first-order chi connectivity index (χ1) is 16.5. The van der Waals surface area contributed by atoms with Gasteiger partial charge >= 0.3 is 17.9 Å². The van der Waals surface area contributed by atoms with Crippen molar-refractivity contribution in [3.8, 4) is 0 Å². The predicted molar refractivity (Wildman–Crippen MR) is 118 cm³/mol. The van der Waals surface area contributed by atoms with Gasteiger partial charge in [-0.1, -0.05) is 54.6 Å². The van der Waals surface area contributed by atoms with Crippen LogP contribution < -0.4 is 0 Å². The van der Waals surface area contributed by atoms with Crippen LogP contribution in [0.3, 0.4) is 0 Å². The third-order valence-corrected chi connectivity index (χ3v) is 5.14. The number of ether oxygens (including phenoxy) is 4. The Balaban J connectivity index is 1.59. The monoisotopic (exact) mass is 464 g/mol.